The van der Waals surface area contributed by atoms with E-state index in [-0.39, 0.29) is 5.69 Å². The van der Waals surface area contributed by atoms with Crippen LogP contribution in [-0.4, -0.2) is 14.8 Å². The highest BCUT2D eigenvalue weighted by Gasteiger charge is 1.97. The molecule has 0 spiro atoms. The molecule has 0 aliphatic carbocycles. The number of aromatic amines is 1. The second kappa shape index (κ2) is 4.59. The lowest BCUT2D eigenvalue weighted by Crippen LogP contribution is -2.18. The topological polar surface area (TPSA) is 50.7 Å². The molecule has 0 saturated heterocycles. The highest BCUT2D eigenvalue weighted by Crippen LogP contribution is 2.02. The van der Waals surface area contributed by atoms with E-state index in [1.807, 2.05) is 18.2 Å². The zero-order chi connectivity index (χ0) is 10.5. The Morgan fingerprint density at radius 3 is 2.73 bits per heavy atom. The molecule has 0 radical (unpaired) electrons. The van der Waals surface area contributed by atoms with Crippen molar-refractivity contribution >= 4 is 0 Å². The van der Waals surface area contributed by atoms with Crippen molar-refractivity contribution in [3.63, 3.8) is 0 Å². The number of nitrogens with one attached hydrogen (secondary N) is 1. The van der Waals surface area contributed by atoms with Gasteiger partial charge in [-0.2, -0.15) is 5.10 Å². The van der Waals surface area contributed by atoms with Crippen LogP contribution in [0, 0.1) is 0 Å². The summed E-state index contributed by atoms with van der Waals surface area (Å²) < 4.78 is 1.45. The van der Waals surface area contributed by atoms with Gasteiger partial charge in [0.05, 0.1) is 0 Å². The van der Waals surface area contributed by atoms with E-state index in [4.69, 9.17) is 0 Å². The number of benzene rings is 1. The first kappa shape index (κ1) is 9.71. The molecule has 1 heterocycles. The Morgan fingerprint density at radius 2 is 2.07 bits per heavy atom. The fraction of sp³-hybridized carbons (Fsp3) is 0.273. The third kappa shape index (κ3) is 2.56. The third-order valence-electron chi connectivity index (χ3n) is 2.30. The lowest BCUT2D eigenvalue weighted by Gasteiger charge is -2.00. The van der Waals surface area contributed by atoms with Crippen LogP contribution in [0.4, 0.5) is 0 Å². The van der Waals surface area contributed by atoms with Gasteiger partial charge in [-0.1, -0.05) is 30.3 Å². The monoisotopic (exact) mass is 203 g/mol. The zero-order valence-corrected chi connectivity index (χ0v) is 8.39. The predicted octanol–water partition coefficient (Wildman–Crippen LogP) is 1.20. The Morgan fingerprint density at radius 1 is 1.27 bits per heavy atom. The molecule has 0 atom stereocenters. The molecule has 15 heavy (non-hydrogen) atoms. The predicted molar refractivity (Wildman–Crippen MR) is 57.6 cm³/mol. The Labute approximate surface area is 87.6 Å². The van der Waals surface area contributed by atoms with E-state index < -0.39 is 0 Å². The van der Waals surface area contributed by atoms with Crippen LogP contribution < -0.4 is 5.69 Å². The van der Waals surface area contributed by atoms with Crippen molar-refractivity contribution in [3.8, 4) is 0 Å². The molecule has 0 bridgehead atoms. The summed E-state index contributed by atoms with van der Waals surface area (Å²) in [4.78, 5) is 13.6. The number of nitrogens with zero attached hydrogens (tertiary/aromatic N) is 2. The van der Waals surface area contributed by atoms with Crippen LogP contribution in [0.1, 0.15) is 12.0 Å². The maximum absolute atomic E-state index is 11.1. The van der Waals surface area contributed by atoms with Gasteiger partial charge in [-0.15, -0.1) is 0 Å². The normalized spacial score (nSPS) is 10.4. The Balaban J connectivity index is 1.86. The second-order valence-corrected chi connectivity index (χ2v) is 3.41. The van der Waals surface area contributed by atoms with Crippen LogP contribution in [0.3, 0.4) is 0 Å². The zero-order valence-electron chi connectivity index (χ0n) is 8.39. The lowest BCUT2D eigenvalue weighted by atomic mass is 10.1. The van der Waals surface area contributed by atoms with Crippen molar-refractivity contribution in [2.75, 3.05) is 0 Å². The fourth-order valence-corrected chi connectivity index (χ4v) is 1.52. The average Bonchev–Trinajstić information content (AvgIpc) is 2.66. The van der Waals surface area contributed by atoms with Crippen LogP contribution in [0.15, 0.2) is 41.5 Å². The van der Waals surface area contributed by atoms with Gasteiger partial charge in [0.25, 0.3) is 0 Å². The molecule has 0 aliphatic rings. The first-order valence-corrected chi connectivity index (χ1v) is 5.01. The van der Waals surface area contributed by atoms with Crippen LogP contribution in [0.2, 0.25) is 0 Å². The maximum atomic E-state index is 11.1. The van der Waals surface area contributed by atoms with Crippen LogP contribution in [-0.2, 0) is 13.0 Å². The van der Waals surface area contributed by atoms with E-state index in [9.17, 15) is 4.79 Å². The van der Waals surface area contributed by atoms with Gasteiger partial charge in [0.15, 0.2) is 0 Å². The number of H-pyrrole nitrogens is 1. The van der Waals surface area contributed by atoms with Crippen molar-refractivity contribution in [2.45, 2.75) is 19.4 Å². The number of aryl methyl sites for hydroxylation is 2. The lowest BCUT2D eigenvalue weighted by molar-refractivity contribution is 0.560. The molecule has 1 aromatic carbocycles. The summed E-state index contributed by atoms with van der Waals surface area (Å²) in [6, 6.07) is 10.2. The molecular weight excluding hydrogens is 190 g/mol. The quantitative estimate of drug-likeness (QED) is 0.811. The standard InChI is InChI=1S/C11H13N3O/c15-11-12-9-13-14(11)8-4-7-10-5-2-1-3-6-10/h1-3,5-6,9H,4,7-8H2,(H,12,13,15). The molecule has 0 amide bonds. The van der Waals surface area contributed by atoms with Gasteiger partial charge in [0.1, 0.15) is 6.33 Å². The van der Waals surface area contributed by atoms with Crippen molar-refractivity contribution in [2.24, 2.45) is 0 Å². The molecule has 4 heteroatoms. The molecule has 4 nitrogen and oxygen atoms in total. The van der Waals surface area contributed by atoms with Crippen molar-refractivity contribution in [1.29, 1.82) is 0 Å². The summed E-state index contributed by atoms with van der Waals surface area (Å²) in [6.45, 7) is 0.664. The minimum atomic E-state index is -0.136. The van der Waals surface area contributed by atoms with Gasteiger partial charge in [-0.05, 0) is 18.4 Å². The average molecular weight is 203 g/mol. The molecule has 2 rings (SSSR count). The SMILES string of the molecule is O=c1[nH]cnn1CCCc1ccccc1. The second-order valence-electron chi connectivity index (χ2n) is 3.41. The molecule has 0 aliphatic heterocycles. The molecule has 0 unspecified atom stereocenters. The number of hydrogen-bond acceptors (Lipinski definition) is 2. The minimum absolute atomic E-state index is 0.136. The summed E-state index contributed by atoms with van der Waals surface area (Å²) in [5, 5.41) is 3.90. The van der Waals surface area contributed by atoms with Crippen molar-refractivity contribution in [3.05, 3.63) is 52.7 Å². The Hall–Kier alpha value is -1.84. The number of aromatic nitrogens is 3. The summed E-state index contributed by atoms with van der Waals surface area (Å²) in [7, 11) is 0. The van der Waals surface area contributed by atoms with E-state index in [1.54, 1.807) is 0 Å². The number of hydrogen-bond donors (Lipinski definition) is 1. The third-order valence-corrected chi connectivity index (χ3v) is 2.30. The highest BCUT2D eigenvalue weighted by atomic mass is 16.1. The van der Waals surface area contributed by atoms with Gasteiger partial charge in [0, 0.05) is 6.54 Å². The molecule has 1 aromatic heterocycles. The maximum Gasteiger partial charge on any atom is 0.343 e. The molecule has 2 aromatic rings. The highest BCUT2D eigenvalue weighted by molar-refractivity contribution is 5.14. The van der Waals surface area contributed by atoms with Gasteiger partial charge in [0.2, 0.25) is 0 Å². The molecule has 0 saturated carbocycles. The first-order chi connectivity index (χ1) is 7.36. The Kier molecular flexibility index (Phi) is 2.97. The smallest absolute Gasteiger partial charge is 0.295 e. The van der Waals surface area contributed by atoms with E-state index in [0.29, 0.717) is 6.54 Å². The van der Waals surface area contributed by atoms with E-state index in [2.05, 4.69) is 22.2 Å². The van der Waals surface area contributed by atoms with Gasteiger partial charge in [-0.25, -0.2) is 9.48 Å². The van der Waals surface area contributed by atoms with E-state index in [1.165, 1.54) is 16.6 Å². The fourth-order valence-electron chi connectivity index (χ4n) is 1.52. The Bertz CT molecular complexity index is 458. The van der Waals surface area contributed by atoms with Crippen LogP contribution in [0.5, 0.6) is 0 Å². The molecular formula is C11H13N3O. The van der Waals surface area contributed by atoms with E-state index in [0.717, 1.165) is 12.8 Å². The first-order valence-electron chi connectivity index (χ1n) is 5.01. The largest absolute Gasteiger partial charge is 0.343 e. The van der Waals surface area contributed by atoms with Crippen molar-refractivity contribution < 1.29 is 0 Å². The number of rotatable bonds is 4. The summed E-state index contributed by atoms with van der Waals surface area (Å²) in [6.07, 6.45) is 3.32. The summed E-state index contributed by atoms with van der Waals surface area (Å²) in [5.74, 6) is 0. The van der Waals surface area contributed by atoms with Crippen LogP contribution >= 0.6 is 0 Å². The molecule has 78 valence electrons. The molecule has 0 fully saturated rings. The summed E-state index contributed by atoms with van der Waals surface area (Å²) >= 11 is 0. The van der Waals surface area contributed by atoms with Crippen LogP contribution in [0.25, 0.3) is 0 Å². The molecule has 1 N–H and O–H groups in total. The summed E-state index contributed by atoms with van der Waals surface area (Å²) in [5.41, 5.74) is 1.16. The van der Waals surface area contributed by atoms with Crippen molar-refractivity contribution in [1.82, 2.24) is 14.8 Å². The van der Waals surface area contributed by atoms with Gasteiger partial charge in [-0.3, -0.25) is 4.98 Å². The minimum Gasteiger partial charge on any atom is -0.295 e. The van der Waals surface area contributed by atoms with Gasteiger partial charge >= 0.3 is 5.69 Å². The van der Waals surface area contributed by atoms with Gasteiger partial charge < -0.3 is 0 Å². The van der Waals surface area contributed by atoms with E-state index >= 15 is 0 Å².